The maximum atomic E-state index is 12.6. The molecular weight excluding hydrogens is 340 g/mol. The number of anilines is 1. The molecule has 0 aliphatic carbocycles. The monoisotopic (exact) mass is 358 g/mol. The molecule has 25 heavy (non-hydrogen) atoms. The number of carbonyl (C=O) groups excluding carboxylic acids is 1. The second-order valence-electron chi connectivity index (χ2n) is 5.58. The van der Waals surface area contributed by atoms with Gasteiger partial charge in [-0.05, 0) is 42.6 Å². The van der Waals surface area contributed by atoms with Crippen LogP contribution in [-0.2, 0) is 7.05 Å². The van der Waals surface area contributed by atoms with Crippen LogP contribution in [0.15, 0.2) is 42.6 Å². The van der Waals surface area contributed by atoms with Gasteiger partial charge in [0, 0.05) is 30.0 Å². The van der Waals surface area contributed by atoms with E-state index in [0.717, 1.165) is 10.9 Å². The van der Waals surface area contributed by atoms with Crippen molar-refractivity contribution in [3.8, 4) is 11.5 Å². The van der Waals surface area contributed by atoms with Crippen molar-refractivity contribution in [3.05, 3.63) is 53.2 Å². The van der Waals surface area contributed by atoms with Gasteiger partial charge < -0.3 is 19.4 Å². The molecule has 6 heteroatoms. The number of carbonyl (C=O) groups is 1. The van der Waals surface area contributed by atoms with Crippen LogP contribution in [0.5, 0.6) is 11.5 Å². The van der Waals surface area contributed by atoms with Gasteiger partial charge in [0.05, 0.1) is 18.7 Å². The Hall–Kier alpha value is -2.66. The van der Waals surface area contributed by atoms with Crippen LogP contribution >= 0.6 is 11.6 Å². The molecule has 2 aromatic carbocycles. The molecule has 0 aliphatic heterocycles. The summed E-state index contributed by atoms with van der Waals surface area (Å²) in [5.41, 5.74) is 2.15. The van der Waals surface area contributed by atoms with E-state index in [9.17, 15) is 4.79 Å². The summed E-state index contributed by atoms with van der Waals surface area (Å²) in [5.74, 6) is 0.600. The fraction of sp³-hybridized carbons (Fsp3) is 0.211. The molecule has 0 bridgehead atoms. The number of ether oxygens (including phenoxy) is 2. The summed E-state index contributed by atoms with van der Waals surface area (Å²) < 4.78 is 12.8. The Morgan fingerprint density at radius 3 is 2.76 bits per heavy atom. The summed E-state index contributed by atoms with van der Waals surface area (Å²) in [6.07, 6.45) is 1.98. The van der Waals surface area contributed by atoms with Gasteiger partial charge in [-0.3, -0.25) is 4.79 Å². The van der Waals surface area contributed by atoms with Crippen LogP contribution in [0, 0.1) is 0 Å². The van der Waals surface area contributed by atoms with E-state index in [-0.39, 0.29) is 5.91 Å². The van der Waals surface area contributed by atoms with Crippen molar-refractivity contribution in [2.45, 2.75) is 6.92 Å². The fourth-order valence-corrected chi connectivity index (χ4v) is 2.94. The number of benzene rings is 2. The Kier molecular flexibility index (Phi) is 4.86. The summed E-state index contributed by atoms with van der Waals surface area (Å²) in [4.78, 5) is 12.6. The lowest BCUT2D eigenvalue weighted by atomic mass is 10.1. The minimum atomic E-state index is -0.267. The van der Waals surface area contributed by atoms with E-state index in [1.54, 1.807) is 12.1 Å². The predicted molar refractivity (Wildman–Crippen MR) is 100 cm³/mol. The molecule has 0 atom stereocenters. The van der Waals surface area contributed by atoms with Gasteiger partial charge in [0.15, 0.2) is 11.5 Å². The zero-order valence-electron chi connectivity index (χ0n) is 14.3. The fourth-order valence-electron chi connectivity index (χ4n) is 2.68. The molecule has 0 aliphatic rings. The molecule has 0 fully saturated rings. The average molecular weight is 359 g/mol. The number of aromatic nitrogens is 1. The highest BCUT2D eigenvalue weighted by molar-refractivity contribution is 6.32. The quantitative estimate of drug-likeness (QED) is 0.731. The third-order valence-corrected chi connectivity index (χ3v) is 4.21. The summed E-state index contributed by atoms with van der Waals surface area (Å²) in [6.45, 7) is 2.31. The van der Waals surface area contributed by atoms with Crippen LogP contribution in [-0.4, -0.2) is 24.2 Å². The van der Waals surface area contributed by atoms with Crippen molar-refractivity contribution in [2.75, 3.05) is 19.0 Å². The zero-order valence-corrected chi connectivity index (χ0v) is 15.1. The molecule has 0 saturated heterocycles. The van der Waals surface area contributed by atoms with Crippen LogP contribution in [0.3, 0.4) is 0 Å². The lowest BCUT2D eigenvalue weighted by molar-refractivity contribution is 0.102. The number of halogens is 1. The topological polar surface area (TPSA) is 52.5 Å². The molecule has 1 N–H and O–H groups in total. The van der Waals surface area contributed by atoms with E-state index in [0.29, 0.717) is 34.4 Å². The van der Waals surface area contributed by atoms with E-state index in [1.807, 2.05) is 49.0 Å². The number of hydrogen-bond acceptors (Lipinski definition) is 3. The minimum Gasteiger partial charge on any atom is -0.493 e. The van der Waals surface area contributed by atoms with Gasteiger partial charge in [0.1, 0.15) is 0 Å². The van der Waals surface area contributed by atoms with Crippen LogP contribution in [0.4, 0.5) is 5.69 Å². The van der Waals surface area contributed by atoms with Gasteiger partial charge in [-0.15, -0.1) is 0 Å². The first-order valence-electron chi connectivity index (χ1n) is 7.90. The Bertz CT molecular complexity index is 934. The first-order chi connectivity index (χ1) is 12.0. The van der Waals surface area contributed by atoms with Crippen molar-refractivity contribution < 1.29 is 14.3 Å². The SMILES string of the molecule is CCOc1c(Cl)cc(C(=O)Nc2ccc3ccn(C)c3c2)cc1OC. The summed E-state index contributed by atoms with van der Waals surface area (Å²) in [7, 11) is 3.48. The first-order valence-corrected chi connectivity index (χ1v) is 8.28. The van der Waals surface area contributed by atoms with Crippen LogP contribution < -0.4 is 14.8 Å². The summed E-state index contributed by atoms with van der Waals surface area (Å²) in [5, 5.41) is 4.34. The molecule has 0 spiro atoms. The minimum absolute atomic E-state index is 0.267. The Morgan fingerprint density at radius 2 is 2.04 bits per heavy atom. The number of fused-ring (bicyclic) bond motifs is 1. The molecule has 1 heterocycles. The van der Waals surface area contributed by atoms with Gasteiger partial charge in [-0.2, -0.15) is 0 Å². The average Bonchev–Trinajstić information content (AvgIpc) is 2.97. The van der Waals surface area contributed by atoms with Crippen LogP contribution in [0.1, 0.15) is 17.3 Å². The molecule has 1 aromatic heterocycles. The van der Waals surface area contributed by atoms with E-state index in [2.05, 4.69) is 5.32 Å². The molecule has 130 valence electrons. The number of aryl methyl sites for hydroxylation is 1. The Morgan fingerprint density at radius 1 is 1.24 bits per heavy atom. The standard InChI is InChI=1S/C19H19ClN2O3/c1-4-25-18-15(20)9-13(10-17(18)24-3)19(23)21-14-6-5-12-7-8-22(2)16(12)11-14/h5-11H,4H2,1-3H3,(H,21,23). The highest BCUT2D eigenvalue weighted by atomic mass is 35.5. The van der Waals surface area contributed by atoms with Crippen molar-refractivity contribution in [1.82, 2.24) is 4.57 Å². The molecule has 1 amide bonds. The molecule has 3 aromatic rings. The third-order valence-electron chi connectivity index (χ3n) is 3.93. The maximum absolute atomic E-state index is 12.6. The molecule has 3 rings (SSSR count). The van der Waals surface area contributed by atoms with Gasteiger partial charge in [0.25, 0.3) is 5.91 Å². The van der Waals surface area contributed by atoms with E-state index < -0.39 is 0 Å². The number of hydrogen-bond donors (Lipinski definition) is 1. The number of nitrogens with one attached hydrogen (secondary N) is 1. The second-order valence-corrected chi connectivity index (χ2v) is 5.98. The first kappa shape index (κ1) is 17.2. The predicted octanol–water partition coefficient (Wildman–Crippen LogP) is 4.49. The summed E-state index contributed by atoms with van der Waals surface area (Å²) in [6, 6.07) is 11.0. The number of rotatable bonds is 5. The smallest absolute Gasteiger partial charge is 0.255 e. The number of methoxy groups -OCH3 is 1. The van der Waals surface area contributed by atoms with Gasteiger partial charge in [-0.25, -0.2) is 0 Å². The Labute approximate surface area is 151 Å². The number of amides is 1. The van der Waals surface area contributed by atoms with Gasteiger partial charge in [0.2, 0.25) is 0 Å². The van der Waals surface area contributed by atoms with Crippen molar-refractivity contribution in [1.29, 1.82) is 0 Å². The molecule has 5 nitrogen and oxygen atoms in total. The summed E-state index contributed by atoms with van der Waals surface area (Å²) >= 11 is 6.24. The second kappa shape index (κ2) is 7.07. The maximum Gasteiger partial charge on any atom is 0.255 e. The zero-order chi connectivity index (χ0) is 18.0. The van der Waals surface area contributed by atoms with Gasteiger partial charge >= 0.3 is 0 Å². The van der Waals surface area contributed by atoms with Crippen molar-refractivity contribution >= 4 is 34.1 Å². The largest absolute Gasteiger partial charge is 0.493 e. The molecular formula is C19H19ClN2O3. The normalized spacial score (nSPS) is 10.7. The van der Waals surface area contributed by atoms with E-state index >= 15 is 0 Å². The van der Waals surface area contributed by atoms with Gasteiger partial charge in [-0.1, -0.05) is 17.7 Å². The molecule has 0 radical (unpaired) electrons. The van der Waals surface area contributed by atoms with E-state index in [1.165, 1.54) is 7.11 Å². The molecule has 0 saturated carbocycles. The Balaban J connectivity index is 1.89. The molecule has 0 unspecified atom stereocenters. The van der Waals surface area contributed by atoms with E-state index in [4.69, 9.17) is 21.1 Å². The number of nitrogens with zero attached hydrogens (tertiary/aromatic N) is 1. The lowest BCUT2D eigenvalue weighted by Crippen LogP contribution is -2.12. The van der Waals surface area contributed by atoms with Crippen molar-refractivity contribution in [2.24, 2.45) is 7.05 Å². The van der Waals surface area contributed by atoms with Crippen LogP contribution in [0.25, 0.3) is 10.9 Å². The third kappa shape index (κ3) is 3.42. The lowest BCUT2D eigenvalue weighted by Gasteiger charge is -2.13. The van der Waals surface area contributed by atoms with Crippen molar-refractivity contribution in [3.63, 3.8) is 0 Å². The highest BCUT2D eigenvalue weighted by Gasteiger charge is 2.16. The highest BCUT2D eigenvalue weighted by Crippen LogP contribution is 2.36. The van der Waals surface area contributed by atoms with Crippen LogP contribution in [0.2, 0.25) is 5.02 Å².